The second-order valence-electron chi connectivity index (χ2n) is 2.61. The SMILES string of the molecule is COC1=C(OC)CC(C)[C]=C1. The zero-order valence-corrected chi connectivity index (χ0v) is 7.18. The van der Waals surface area contributed by atoms with Crippen molar-refractivity contribution in [2.24, 2.45) is 5.92 Å². The fraction of sp³-hybridized carbons (Fsp3) is 0.556. The molecule has 0 heterocycles. The van der Waals surface area contributed by atoms with Gasteiger partial charge in [0.05, 0.1) is 14.2 Å². The summed E-state index contributed by atoms with van der Waals surface area (Å²) in [4.78, 5) is 0. The minimum Gasteiger partial charge on any atom is -0.497 e. The summed E-state index contributed by atoms with van der Waals surface area (Å²) in [5.74, 6) is 2.15. The van der Waals surface area contributed by atoms with E-state index in [0.29, 0.717) is 5.92 Å². The number of methoxy groups -OCH3 is 2. The Morgan fingerprint density at radius 2 is 2.18 bits per heavy atom. The maximum Gasteiger partial charge on any atom is 0.156 e. The van der Waals surface area contributed by atoms with Gasteiger partial charge in [-0.2, -0.15) is 0 Å². The predicted molar refractivity (Wildman–Crippen MR) is 42.6 cm³/mol. The Labute approximate surface area is 67.5 Å². The van der Waals surface area contributed by atoms with Crippen LogP contribution in [0.25, 0.3) is 0 Å². The molecule has 61 valence electrons. The Morgan fingerprint density at radius 3 is 2.73 bits per heavy atom. The molecule has 2 nitrogen and oxygen atoms in total. The van der Waals surface area contributed by atoms with Crippen molar-refractivity contribution in [2.45, 2.75) is 13.3 Å². The molecule has 1 atom stereocenters. The van der Waals surface area contributed by atoms with Crippen molar-refractivity contribution >= 4 is 0 Å². The van der Waals surface area contributed by atoms with Crippen molar-refractivity contribution in [3.8, 4) is 0 Å². The smallest absolute Gasteiger partial charge is 0.156 e. The Balaban J connectivity index is 2.76. The summed E-state index contributed by atoms with van der Waals surface area (Å²) in [7, 11) is 3.31. The standard InChI is InChI=1S/C9H13O2/c1-7-4-5-8(10-2)9(6-7)11-3/h5,7H,6H2,1-3H3. The van der Waals surface area contributed by atoms with Gasteiger partial charge in [-0.25, -0.2) is 0 Å². The lowest BCUT2D eigenvalue weighted by molar-refractivity contribution is 0.210. The second-order valence-corrected chi connectivity index (χ2v) is 2.61. The normalized spacial score (nSPS) is 23.7. The van der Waals surface area contributed by atoms with Gasteiger partial charge in [-0.15, -0.1) is 0 Å². The Bertz CT molecular complexity index is 192. The zero-order valence-electron chi connectivity index (χ0n) is 7.18. The van der Waals surface area contributed by atoms with Gasteiger partial charge in [-0.3, -0.25) is 0 Å². The van der Waals surface area contributed by atoms with Gasteiger partial charge >= 0.3 is 0 Å². The summed E-state index contributed by atoms with van der Waals surface area (Å²) in [6.07, 6.45) is 5.88. The first-order valence-corrected chi connectivity index (χ1v) is 3.68. The van der Waals surface area contributed by atoms with E-state index in [1.165, 1.54) is 0 Å². The summed E-state index contributed by atoms with van der Waals surface area (Å²) in [5, 5.41) is 0. The van der Waals surface area contributed by atoms with Gasteiger partial charge in [-0.05, 0) is 18.1 Å². The van der Waals surface area contributed by atoms with E-state index in [1.54, 1.807) is 14.2 Å². The van der Waals surface area contributed by atoms with Gasteiger partial charge < -0.3 is 9.47 Å². The molecule has 2 heteroatoms. The maximum atomic E-state index is 5.15. The Morgan fingerprint density at radius 1 is 1.45 bits per heavy atom. The third kappa shape index (κ3) is 1.76. The molecule has 0 saturated heterocycles. The molecule has 0 aromatic carbocycles. The Kier molecular flexibility index (Phi) is 2.58. The van der Waals surface area contributed by atoms with Crippen LogP contribution in [0.3, 0.4) is 0 Å². The molecule has 1 aliphatic carbocycles. The highest BCUT2D eigenvalue weighted by molar-refractivity contribution is 5.19. The van der Waals surface area contributed by atoms with Gasteiger partial charge in [0.2, 0.25) is 0 Å². The maximum absolute atomic E-state index is 5.15. The fourth-order valence-corrected chi connectivity index (χ4v) is 1.09. The number of allylic oxidation sites excluding steroid dienone is 3. The molecule has 0 aromatic rings. The molecule has 0 bridgehead atoms. The van der Waals surface area contributed by atoms with E-state index >= 15 is 0 Å². The number of rotatable bonds is 2. The lowest BCUT2D eigenvalue weighted by Crippen LogP contribution is -2.05. The second kappa shape index (κ2) is 3.46. The van der Waals surface area contributed by atoms with E-state index in [2.05, 4.69) is 13.0 Å². The van der Waals surface area contributed by atoms with E-state index in [4.69, 9.17) is 9.47 Å². The molecule has 1 rings (SSSR count). The summed E-state index contributed by atoms with van der Waals surface area (Å²) in [6, 6.07) is 0. The van der Waals surface area contributed by atoms with Gasteiger partial charge in [0, 0.05) is 6.42 Å². The summed E-state index contributed by atoms with van der Waals surface area (Å²) in [6.45, 7) is 2.10. The van der Waals surface area contributed by atoms with Crippen molar-refractivity contribution in [3.05, 3.63) is 23.7 Å². The van der Waals surface area contributed by atoms with E-state index in [9.17, 15) is 0 Å². The van der Waals surface area contributed by atoms with Gasteiger partial charge in [-0.1, -0.05) is 6.92 Å². The van der Waals surface area contributed by atoms with Crippen LogP contribution in [-0.4, -0.2) is 14.2 Å². The van der Waals surface area contributed by atoms with E-state index in [0.717, 1.165) is 17.9 Å². The average Bonchev–Trinajstić information content (AvgIpc) is 2.04. The summed E-state index contributed by atoms with van der Waals surface area (Å²) in [5.41, 5.74) is 0. The lowest BCUT2D eigenvalue weighted by atomic mass is 10.0. The van der Waals surface area contributed by atoms with Crippen LogP contribution >= 0.6 is 0 Å². The van der Waals surface area contributed by atoms with Crippen LogP contribution in [0.1, 0.15) is 13.3 Å². The highest BCUT2D eigenvalue weighted by Gasteiger charge is 2.13. The summed E-state index contributed by atoms with van der Waals surface area (Å²) < 4.78 is 10.2. The van der Waals surface area contributed by atoms with Crippen molar-refractivity contribution in [2.75, 3.05) is 14.2 Å². The largest absolute Gasteiger partial charge is 0.497 e. The van der Waals surface area contributed by atoms with E-state index in [-0.39, 0.29) is 0 Å². The van der Waals surface area contributed by atoms with Crippen LogP contribution in [0.5, 0.6) is 0 Å². The van der Waals surface area contributed by atoms with Crippen LogP contribution in [-0.2, 0) is 9.47 Å². The highest BCUT2D eigenvalue weighted by atomic mass is 16.5. The molecule has 1 radical (unpaired) electrons. The summed E-state index contributed by atoms with van der Waals surface area (Å²) >= 11 is 0. The molecular formula is C9H13O2. The molecule has 0 spiro atoms. The van der Waals surface area contributed by atoms with Gasteiger partial charge in [0.15, 0.2) is 5.76 Å². The third-order valence-electron chi connectivity index (χ3n) is 1.73. The molecule has 0 aliphatic heterocycles. The Hall–Kier alpha value is -0.920. The van der Waals surface area contributed by atoms with Gasteiger partial charge in [0.25, 0.3) is 0 Å². The first-order valence-electron chi connectivity index (χ1n) is 3.68. The first-order chi connectivity index (χ1) is 5.27. The van der Waals surface area contributed by atoms with Crippen molar-refractivity contribution in [3.63, 3.8) is 0 Å². The lowest BCUT2D eigenvalue weighted by Gasteiger charge is -2.16. The van der Waals surface area contributed by atoms with Gasteiger partial charge in [0.1, 0.15) is 5.76 Å². The monoisotopic (exact) mass is 153 g/mol. The number of hydrogen-bond donors (Lipinski definition) is 0. The van der Waals surface area contributed by atoms with E-state index in [1.807, 2.05) is 6.08 Å². The van der Waals surface area contributed by atoms with Crippen molar-refractivity contribution in [1.82, 2.24) is 0 Å². The molecule has 1 aliphatic rings. The third-order valence-corrected chi connectivity index (χ3v) is 1.73. The van der Waals surface area contributed by atoms with Crippen LogP contribution in [0.2, 0.25) is 0 Å². The number of ether oxygens (including phenoxy) is 2. The molecular weight excluding hydrogens is 140 g/mol. The molecule has 0 amide bonds. The quantitative estimate of drug-likeness (QED) is 0.603. The van der Waals surface area contributed by atoms with Crippen molar-refractivity contribution < 1.29 is 9.47 Å². The van der Waals surface area contributed by atoms with Crippen LogP contribution < -0.4 is 0 Å². The van der Waals surface area contributed by atoms with Crippen molar-refractivity contribution in [1.29, 1.82) is 0 Å². The fourth-order valence-electron chi connectivity index (χ4n) is 1.09. The number of hydrogen-bond acceptors (Lipinski definition) is 2. The molecule has 0 N–H and O–H groups in total. The molecule has 0 saturated carbocycles. The van der Waals surface area contributed by atoms with Crippen LogP contribution in [0.4, 0.5) is 0 Å². The minimum absolute atomic E-state index is 0.434. The molecule has 11 heavy (non-hydrogen) atoms. The van der Waals surface area contributed by atoms with E-state index < -0.39 is 0 Å². The average molecular weight is 153 g/mol. The zero-order chi connectivity index (χ0) is 8.27. The molecule has 0 fully saturated rings. The molecule has 1 unspecified atom stereocenters. The molecule has 0 aromatic heterocycles. The first kappa shape index (κ1) is 8.18. The highest BCUT2D eigenvalue weighted by Crippen LogP contribution is 2.22. The topological polar surface area (TPSA) is 18.5 Å². The van der Waals surface area contributed by atoms with Crippen LogP contribution in [0.15, 0.2) is 17.6 Å². The minimum atomic E-state index is 0.434. The predicted octanol–water partition coefficient (Wildman–Crippen LogP) is 1.89. The van der Waals surface area contributed by atoms with Crippen LogP contribution in [0, 0.1) is 12.0 Å².